The molecule has 0 bridgehead atoms. The molecule has 39 valence electrons. The van der Waals surface area contributed by atoms with Crippen molar-refractivity contribution in [3.05, 3.63) is 0 Å². The molecular formula is C2H4BClNO2. The minimum atomic E-state index is 0.0171. The Balaban J connectivity index is 2.56. The molecule has 1 N–H and O–H groups in total. The number of aldehydes is 1. The van der Waals surface area contributed by atoms with Gasteiger partial charge in [-0.1, -0.05) is 0 Å². The zero-order chi connectivity index (χ0) is 5.54. The molecule has 0 saturated heterocycles. The van der Waals surface area contributed by atoms with E-state index in [2.05, 4.69) is 10.2 Å². The first kappa shape index (κ1) is 6.94. The van der Waals surface area contributed by atoms with Crippen LogP contribution in [0.15, 0.2) is 0 Å². The summed E-state index contributed by atoms with van der Waals surface area (Å²) in [4.78, 5) is 13.8. The van der Waals surface area contributed by atoms with Crippen molar-refractivity contribution in [2.75, 3.05) is 6.61 Å². The second-order valence-corrected chi connectivity index (χ2v) is 0.923. The zero-order valence-corrected chi connectivity index (χ0v) is 4.31. The minimum absolute atomic E-state index is 0.0171. The van der Waals surface area contributed by atoms with E-state index in [0.29, 0.717) is 6.29 Å². The fourth-order valence-electron chi connectivity index (χ4n) is 0.114. The van der Waals surface area contributed by atoms with Crippen molar-refractivity contribution in [2.45, 2.75) is 0 Å². The predicted octanol–water partition coefficient (Wildman–Crippen LogP) is -0.520. The maximum atomic E-state index is 9.46. The quantitative estimate of drug-likeness (QED) is 0.235. The van der Waals surface area contributed by atoms with Gasteiger partial charge in [0.25, 0.3) is 0 Å². The fourth-order valence-corrected chi connectivity index (χ4v) is 0.177. The standard InChI is InChI=1S/C2H4BClNO2/c4-3-5-7-2-1-6/h1,5H,2H2. The van der Waals surface area contributed by atoms with Crippen LogP contribution in [0.3, 0.4) is 0 Å². The first-order valence-corrected chi connectivity index (χ1v) is 2.08. The van der Waals surface area contributed by atoms with Gasteiger partial charge in [0.1, 0.15) is 12.9 Å². The number of carbonyl (C=O) groups is 1. The molecule has 0 aliphatic rings. The molecular weight excluding hydrogens is 116 g/mol. The normalized spacial score (nSPS) is 8.14. The van der Waals surface area contributed by atoms with E-state index < -0.39 is 0 Å². The molecule has 3 nitrogen and oxygen atoms in total. The Kier molecular flexibility index (Phi) is 5.90. The lowest BCUT2D eigenvalue weighted by molar-refractivity contribution is -0.112. The van der Waals surface area contributed by atoms with E-state index in [9.17, 15) is 4.79 Å². The summed E-state index contributed by atoms with van der Waals surface area (Å²) in [5, 5.41) is 2.16. The molecule has 0 saturated carbocycles. The molecule has 0 aromatic heterocycles. The van der Waals surface area contributed by atoms with Crippen LogP contribution < -0.4 is 5.39 Å². The predicted molar refractivity (Wildman–Crippen MR) is 26.8 cm³/mol. The molecule has 0 aliphatic carbocycles. The van der Waals surface area contributed by atoms with Gasteiger partial charge in [-0.05, 0) is 0 Å². The maximum Gasteiger partial charge on any atom is 0.359 e. The highest BCUT2D eigenvalue weighted by Crippen LogP contribution is 1.61. The second kappa shape index (κ2) is 5.94. The summed E-state index contributed by atoms with van der Waals surface area (Å²) in [5.74, 6) is 0. The molecule has 0 amide bonds. The molecule has 0 aliphatic heterocycles. The third-order valence-electron chi connectivity index (χ3n) is 0.279. The summed E-state index contributed by atoms with van der Waals surface area (Å²) >= 11 is 4.96. The van der Waals surface area contributed by atoms with Gasteiger partial charge in [-0.25, -0.2) is 5.39 Å². The van der Waals surface area contributed by atoms with Gasteiger partial charge in [-0.3, -0.25) is 0 Å². The Morgan fingerprint density at radius 3 is 3.14 bits per heavy atom. The lowest BCUT2D eigenvalue weighted by atomic mass is 10.5. The average Bonchev–Trinajstić information content (AvgIpc) is 1.69. The van der Waals surface area contributed by atoms with Crippen LogP contribution in [0, 0.1) is 0 Å². The number of carbonyl (C=O) groups excluding carboxylic acids is 1. The van der Waals surface area contributed by atoms with Crippen molar-refractivity contribution >= 4 is 24.6 Å². The average molecular weight is 120 g/mol. The number of nitrogens with one attached hydrogen (secondary N) is 1. The van der Waals surface area contributed by atoms with Gasteiger partial charge < -0.3 is 9.63 Å². The van der Waals surface area contributed by atoms with Crippen molar-refractivity contribution in [3.8, 4) is 0 Å². The van der Waals surface area contributed by atoms with E-state index in [1.54, 1.807) is 0 Å². The molecule has 0 atom stereocenters. The smallest absolute Gasteiger partial charge is 0.305 e. The van der Waals surface area contributed by atoms with Crippen LogP contribution in [-0.2, 0) is 9.63 Å². The summed E-state index contributed by atoms with van der Waals surface area (Å²) in [5.41, 5.74) is 0. The van der Waals surface area contributed by atoms with Gasteiger partial charge in [0.2, 0.25) is 0 Å². The topological polar surface area (TPSA) is 38.3 Å². The molecule has 7 heavy (non-hydrogen) atoms. The van der Waals surface area contributed by atoms with Crippen molar-refractivity contribution in [1.82, 2.24) is 5.39 Å². The van der Waals surface area contributed by atoms with Crippen LogP contribution in [-0.4, -0.2) is 19.7 Å². The third-order valence-corrected chi connectivity index (χ3v) is 0.368. The van der Waals surface area contributed by atoms with Crippen LogP contribution in [0.4, 0.5) is 0 Å². The molecule has 0 unspecified atom stereocenters. The van der Waals surface area contributed by atoms with Crippen LogP contribution in [0.1, 0.15) is 0 Å². The van der Waals surface area contributed by atoms with Gasteiger partial charge in [-0.2, -0.15) is 11.5 Å². The Morgan fingerprint density at radius 1 is 2.00 bits per heavy atom. The van der Waals surface area contributed by atoms with E-state index in [-0.39, 0.29) is 6.61 Å². The van der Waals surface area contributed by atoms with Crippen molar-refractivity contribution < 1.29 is 9.63 Å². The van der Waals surface area contributed by atoms with Crippen LogP contribution in [0.25, 0.3) is 0 Å². The van der Waals surface area contributed by atoms with E-state index in [1.807, 2.05) is 0 Å². The highest BCUT2D eigenvalue weighted by atomic mass is 35.5. The number of hydrogen-bond donors (Lipinski definition) is 1. The largest absolute Gasteiger partial charge is 0.359 e. The van der Waals surface area contributed by atoms with Gasteiger partial charge >= 0.3 is 6.83 Å². The van der Waals surface area contributed by atoms with Gasteiger partial charge in [0.15, 0.2) is 0 Å². The summed E-state index contributed by atoms with van der Waals surface area (Å²) in [6.45, 7) is 1.09. The van der Waals surface area contributed by atoms with Gasteiger partial charge in [0, 0.05) is 0 Å². The highest BCUT2D eigenvalue weighted by Gasteiger charge is 1.80. The number of halogens is 1. The Bertz CT molecular complexity index is 53.0. The molecule has 5 heteroatoms. The highest BCUT2D eigenvalue weighted by molar-refractivity contribution is 6.92. The Labute approximate surface area is 47.1 Å². The monoisotopic (exact) mass is 120 g/mol. The van der Waals surface area contributed by atoms with Crippen LogP contribution in [0.2, 0.25) is 0 Å². The maximum absolute atomic E-state index is 9.46. The van der Waals surface area contributed by atoms with E-state index in [0.717, 1.165) is 6.83 Å². The zero-order valence-electron chi connectivity index (χ0n) is 3.56. The van der Waals surface area contributed by atoms with Gasteiger partial charge in [-0.15, -0.1) is 0 Å². The first-order chi connectivity index (χ1) is 3.41. The first-order valence-electron chi connectivity index (χ1n) is 1.64. The molecule has 0 rings (SSSR count). The summed E-state index contributed by atoms with van der Waals surface area (Å²) in [6.07, 6.45) is 0.618. The van der Waals surface area contributed by atoms with Crippen molar-refractivity contribution in [3.63, 3.8) is 0 Å². The Morgan fingerprint density at radius 2 is 2.71 bits per heavy atom. The molecule has 0 aromatic rings. The summed E-state index contributed by atoms with van der Waals surface area (Å²) in [7, 11) is 0. The minimum Gasteiger partial charge on any atom is -0.305 e. The number of rotatable bonds is 4. The van der Waals surface area contributed by atoms with Crippen LogP contribution in [0.5, 0.6) is 0 Å². The lowest BCUT2D eigenvalue weighted by Gasteiger charge is -1.91. The van der Waals surface area contributed by atoms with E-state index in [4.69, 9.17) is 11.5 Å². The van der Waals surface area contributed by atoms with E-state index in [1.165, 1.54) is 0 Å². The summed E-state index contributed by atoms with van der Waals surface area (Å²) < 4.78 is 0. The molecule has 0 aromatic carbocycles. The SMILES string of the molecule is O=CCON[B]Cl. The molecule has 0 spiro atoms. The third kappa shape index (κ3) is 5.94. The fraction of sp³-hybridized carbons (Fsp3) is 0.500. The molecule has 0 heterocycles. The van der Waals surface area contributed by atoms with Crippen LogP contribution >= 0.6 is 11.5 Å². The lowest BCUT2D eigenvalue weighted by Crippen LogP contribution is -2.16. The molecule has 0 fully saturated rings. The Hall–Kier alpha value is -0.0551. The van der Waals surface area contributed by atoms with Crippen molar-refractivity contribution in [2.24, 2.45) is 0 Å². The van der Waals surface area contributed by atoms with E-state index >= 15 is 0 Å². The molecule has 1 radical (unpaired) electrons. The number of hydrogen-bond acceptors (Lipinski definition) is 3. The second-order valence-electron chi connectivity index (χ2n) is 0.705. The van der Waals surface area contributed by atoms with Crippen molar-refractivity contribution in [1.29, 1.82) is 0 Å². The summed E-state index contributed by atoms with van der Waals surface area (Å²) in [6, 6.07) is 0. The van der Waals surface area contributed by atoms with Gasteiger partial charge in [0.05, 0.1) is 0 Å².